The summed E-state index contributed by atoms with van der Waals surface area (Å²) in [6.07, 6.45) is -3.84. The van der Waals surface area contributed by atoms with Crippen molar-refractivity contribution >= 4 is 25.1 Å². The van der Waals surface area contributed by atoms with Gasteiger partial charge in [0, 0.05) is 0 Å². The van der Waals surface area contributed by atoms with E-state index in [9.17, 15) is 24.8 Å². The number of hydrogen-bond donors (Lipinski definition) is 4. The number of aliphatic hydroxyl groups excluding tert-OH is 2. The summed E-state index contributed by atoms with van der Waals surface area (Å²) in [7, 11) is -4.41. The number of anilines is 1. The number of nitrogens with zero attached hydrogens (tertiary/aromatic N) is 4. The van der Waals surface area contributed by atoms with Crippen molar-refractivity contribution in [2.24, 2.45) is 0 Å². The first-order chi connectivity index (χ1) is 19.1. The van der Waals surface area contributed by atoms with Crippen LogP contribution in [0.4, 0.5) is 5.82 Å². The second-order valence-corrected chi connectivity index (χ2v) is 11.0. The Labute approximate surface area is 228 Å². The number of aliphatic hydroxyl groups is 2. The van der Waals surface area contributed by atoms with Crippen LogP contribution in [0.5, 0.6) is 5.75 Å². The highest BCUT2D eigenvalue weighted by Gasteiger charge is 2.57. The zero-order valence-corrected chi connectivity index (χ0v) is 22.1. The first kappa shape index (κ1) is 27.9. The van der Waals surface area contributed by atoms with Crippen LogP contribution in [0.3, 0.4) is 0 Å². The molecule has 4 heterocycles. The van der Waals surface area contributed by atoms with Crippen molar-refractivity contribution in [1.29, 1.82) is 5.26 Å². The maximum absolute atomic E-state index is 13.9. The van der Waals surface area contributed by atoms with Crippen molar-refractivity contribution in [2.45, 2.75) is 43.0 Å². The predicted octanol–water partition coefficient (Wildman–Crippen LogP) is 0.491. The van der Waals surface area contributed by atoms with Crippen molar-refractivity contribution in [3.05, 3.63) is 54.5 Å². The number of nitrogen functional groups attached to an aromatic ring is 1. The van der Waals surface area contributed by atoms with Gasteiger partial charge in [0.1, 0.15) is 60.7 Å². The Balaban J connectivity index is 1.37. The molecule has 2 aliphatic heterocycles. The summed E-state index contributed by atoms with van der Waals surface area (Å²) in [5.74, 6) is -0.412. The second-order valence-electron chi connectivity index (χ2n) is 9.30. The van der Waals surface area contributed by atoms with Crippen LogP contribution < -0.4 is 15.3 Å². The van der Waals surface area contributed by atoms with Gasteiger partial charge in [-0.3, -0.25) is 9.32 Å². The third-order valence-corrected chi connectivity index (χ3v) is 8.08. The van der Waals surface area contributed by atoms with E-state index in [-0.39, 0.29) is 30.5 Å². The van der Waals surface area contributed by atoms with Crippen LogP contribution in [0.15, 0.2) is 48.8 Å². The number of carbonyl (C=O) groups is 1. The number of fused-ring (bicyclic) bond motifs is 1. The van der Waals surface area contributed by atoms with Gasteiger partial charge in [-0.1, -0.05) is 18.2 Å². The average Bonchev–Trinajstić information content (AvgIpc) is 3.46. The molecule has 0 saturated carbocycles. The minimum Gasteiger partial charge on any atom is -0.456 e. The largest absolute Gasteiger partial charge is 0.459 e. The molecule has 0 unspecified atom stereocenters. The molecule has 0 aliphatic carbocycles. The molecule has 6 atom stereocenters. The van der Waals surface area contributed by atoms with Crippen LogP contribution in [0.2, 0.25) is 0 Å². The summed E-state index contributed by atoms with van der Waals surface area (Å²) in [6.45, 7) is 1.10. The number of aromatic nitrogens is 3. The molecule has 0 spiro atoms. The number of nitrogens with one attached hydrogen (secondary N) is 1. The SMILES string of the molecule is C[C@H](N[P@@](=O)(OC[C@@]1(C#N)O[C@@H](c2ccc3c(N)ncnn23)[C@H](O)[C@@H]1O)Oc1ccccc1)C(=O)OC1COC1. The van der Waals surface area contributed by atoms with Crippen LogP contribution in [0.25, 0.3) is 5.52 Å². The second kappa shape index (κ2) is 11.1. The summed E-state index contributed by atoms with van der Waals surface area (Å²) in [5.41, 5.74) is 4.40. The lowest BCUT2D eigenvalue weighted by atomic mass is 9.96. The molecular formula is C24H27N6O9P. The van der Waals surface area contributed by atoms with E-state index in [1.54, 1.807) is 30.3 Å². The van der Waals surface area contributed by atoms with Crippen molar-refractivity contribution in [3.63, 3.8) is 0 Å². The number of ether oxygens (including phenoxy) is 3. The molecular weight excluding hydrogens is 547 g/mol. The van der Waals surface area contributed by atoms with E-state index in [1.807, 2.05) is 6.07 Å². The molecule has 40 heavy (non-hydrogen) atoms. The number of carbonyl (C=O) groups excluding carboxylic acids is 1. The highest BCUT2D eigenvalue weighted by molar-refractivity contribution is 7.52. The van der Waals surface area contributed by atoms with E-state index in [2.05, 4.69) is 15.2 Å². The fraction of sp³-hybridized carbons (Fsp3) is 0.417. The Bertz CT molecular complexity index is 1460. The zero-order valence-electron chi connectivity index (χ0n) is 21.2. The first-order valence-corrected chi connectivity index (χ1v) is 13.8. The summed E-state index contributed by atoms with van der Waals surface area (Å²) >= 11 is 0. The summed E-state index contributed by atoms with van der Waals surface area (Å²) in [6, 6.07) is 11.8. The Morgan fingerprint density at radius 3 is 2.75 bits per heavy atom. The van der Waals surface area contributed by atoms with E-state index >= 15 is 0 Å². The average molecular weight is 574 g/mol. The van der Waals surface area contributed by atoms with Gasteiger partial charge in [-0.05, 0) is 31.2 Å². The van der Waals surface area contributed by atoms with E-state index in [1.165, 1.54) is 29.9 Å². The lowest BCUT2D eigenvalue weighted by Crippen LogP contribution is -2.47. The fourth-order valence-corrected chi connectivity index (χ4v) is 5.73. The van der Waals surface area contributed by atoms with E-state index in [4.69, 9.17) is 29.0 Å². The highest BCUT2D eigenvalue weighted by atomic mass is 31.2. The Kier molecular flexibility index (Phi) is 7.76. The van der Waals surface area contributed by atoms with E-state index < -0.39 is 56.4 Å². The predicted molar refractivity (Wildman–Crippen MR) is 136 cm³/mol. The molecule has 0 radical (unpaired) electrons. The third-order valence-electron chi connectivity index (χ3n) is 6.45. The van der Waals surface area contributed by atoms with Gasteiger partial charge in [-0.25, -0.2) is 14.1 Å². The molecule has 2 aliphatic rings. The minimum absolute atomic E-state index is 0.139. The van der Waals surface area contributed by atoms with Crippen molar-refractivity contribution in [3.8, 4) is 11.8 Å². The standard InChI is InChI=1S/C24H27N6O9P/c1-14(23(33)37-16-9-35-10-16)29-40(34,39-15-5-3-2-4-6-15)36-12-24(11-25)21(32)19(31)20(38-24)17-7-8-18-22(26)27-13-28-30(17)18/h2-8,13-14,16,19-21,31-32H,9-10,12H2,1H3,(H,29,34)(H2,26,27,28)/t14-,19-,20-,21-,24+,40+/m0/s1. The molecule has 2 aromatic heterocycles. The van der Waals surface area contributed by atoms with Gasteiger partial charge in [-0.2, -0.15) is 15.4 Å². The van der Waals surface area contributed by atoms with Gasteiger partial charge < -0.3 is 34.7 Å². The van der Waals surface area contributed by atoms with Gasteiger partial charge in [0.25, 0.3) is 0 Å². The Morgan fingerprint density at radius 1 is 1.32 bits per heavy atom. The summed E-state index contributed by atoms with van der Waals surface area (Å²) < 4.78 is 42.5. The monoisotopic (exact) mass is 574 g/mol. The topological polar surface area (TPSA) is 213 Å². The lowest BCUT2D eigenvalue weighted by Gasteiger charge is -2.30. The molecule has 0 amide bonds. The summed E-state index contributed by atoms with van der Waals surface area (Å²) in [4.78, 5) is 16.4. The van der Waals surface area contributed by atoms with Crippen molar-refractivity contribution < 1.29 is 42.8 Å². The summed E-state index contributed by atoms with van der Waals surface area (Å²) in [5, 5.41) is 38.4. The normalized spacial score (nSPS) is 26.9. The maximum Gasteiger partial charge on any atom is 0.459 e. The number of esters is 1. The lowest BCUT2D eigenvalue weighted by molar-refractivity contribution is -0.173. The Hall–Kier alpha value is -3.61. The van der Waals surface area contributed by atoms with Crippen LogP contribution in [0, 0.1) is 11.3 Å². The van der Waals surface area contributed by atoms with Crippen LogP contribution in [-0.2, 0) is 28.1 Å². The number of nitrogens with two attached hydrogens (primary N) is 1. The molecule has 2 saturated heterocycles. The number of benzene rings is 1. The van der Waals surface area contributed by atoms with E-state index in [0.29, 0.717) is 5.52 Å². The van der Waals surface area contributed by atoms with Crippen LogP contribution in [-0.4, -0.2) is 80.6 Å². The van der Waals surface area contributed by atoms with Crippen molar-refractivity contribution in [2.75, 3.05) is 25.6 Å². The zero-order chi connectivity index (χ0) is 28.5. The molecule has 5 N–H and O–H groups in total. The number of hydrogen-bond acceptors (Lipinski definition) is 13. The Morgan fingerprint density at radius 2 is 2.08 bits per heavy atom. The molecule has 2 fully saturated rings. The minimum atomic E-state index is -4.41. The molecule has 16 heteroatoms. The third kappa shape index (κ3) is 5.38. The number of rotatable bonds is 10. The van der Waals surface area contributed by atoms with Gasteiger partial charge in [0.2, 0.25) is 5.60 Å². The van der Waals surface area contributed by atoms with Gasteiger partial charge in [0.05, 0.1) is 18.9 Å². The van der Waals surface area contributed by atoms with Crippen LogP contribution in [0.1, 0.15) is 18.7 Å². The fourth-order valence-electron chi connectivity index (χ4n) is 4.20. The number of para-hydroxylation sites is 1. The molecule has 15 nitrogen and oxygen atoms in total. The van der Waals surface area contributed by atoms with E-state index in [0.717, 1.165) is 0 Å². The number of nitriles is 1. The van der Waals surface area contributed by atoms with Gasteiger partial charge >= 0.3 is 13.7 Å². The first-order valence-electron chi connectivity index (χ1n) is 12.2. The highest BCUT2D eigenvalue weighted by Crippen LogP contribution is 2.48. The molecule has 1 aromatic carbocycles. The molecule has 0 bridgehead atoms. The van der Waals surface area contributed by atoms with Crippen LogP contribution >= 0.6 is 7.75 Å². The quantitative estimate of drug-likeness (QED) is 0.192. The van der Waals surface area contributed by atoms with Crippen molar-refractivity contribution in [1.82, 2.24) is 19.7 Å². The van der Waals surface area contributed by atoms with Gasteiger partial charge in [0.15, 0.2) is 5.82 Å². The molecule has 3 aromatic rings. The van der Waals surface area contributed by atoms with Gasteiger partial charge in [-0.15, -0.1) is 0 Å². The smallest absolute Gasteiger partial charge is 0.456 e. The maximum atomic E-state index is 13.9. The molecule has 5 rings (SSSR count). The molecule has 212 valence electrons.